The molecule has 1 aliphatic rings. The largest absolute Gasteiger partial charge is 0.481 e. The number of aliphatic carboxylic acids is 2. The Morgan fingerprint density at radius 3 is 2.40 bits per heavy atom. The molecule has 1 aliphatic heterocycles. The fourth-order valence-corrected chi connectivity index (χ4v) is 3.79. The van der Waals surface area contributed by atoms with Crippen molar-refractivity contribution in [3.8, 4) is 11.5 Å². The van der Waals surface area contributed by atoms with Gasteiger partial charge in [0.15, 0.2) is 17.4 Å². The molecule has 3 rings (SSSR count). The highest BCUT2D eigenvalue weighted by molar-refractivity contribution is 7.99. The molecule has 0 fully saturated rings. The molecule has 1 heterocycles. The monoisotopic (exact) mass is 361 g/mol. The number of carboxylic acids is 2. The van der Waals surface area contributed by atoms with Crippen molar-refractivity contribution >= 4 is 29.4 Å². The number of fused-ring (bicyclic) bond motifs is 1. The minimum Gasteiger partial charge on any atom is -0.481 e. The molecule has 0 saturated carbocycles. The number of nitrogen functional groups attached to an aromatic ring is 1. The number of benzene rings is 2. The van der Waals surface area contributed by atoms with E-state index >= 15 is 0 Å². The molecular weight excluding hydrogens is 346 g/mol. The van der Waals surface area contributed by atoms with E-state index in [0.717, 1.165) is 11.8 Å². The third-order valence-electron chi connectivity index (χ3n) is 3.73. The van der Waals surface area contributed by atoms with Crippen LogP contribution in [0.5, 0.6) is 11.5 Å². The van der Waals surface area contributed by atoms with Gasteiger partial charge < -0.3 is 25.4 Å². The summed E-state index contributed by atoms with van der Waals surface area (Å²) in [4.78, 5) is 23.8. The third kappa shape index (κ3) is 3.48. The van der Waals surface area contributed by atoms with Crippen LogP contribution in [0.15, 0.2) is 47.4 Å². The van der Waals surface area contributed by atoms with E-state index < -0.39 is 23.1 Å². The van der Waals surface area contributed by atoms with E-state index in [4.69, 9.17) is 15.2 Å². The van der Waals surface area contributed by atoms with Gasteiger partial charge in [0, 0.05) is 10.6 Å². The van der Waals surface area contributed by atoms with Gasteiger partial charge in [-0.05, 0) is 29.8 Å². The maximum absolute atomic E-state index is 11.6. The number of rotatable bonds is 6. The Kier molecular flexibility index (Phi) is 4.71. The summed E-state index contributed by atoms with van der Waals surface area (Å²) >= 11 is 1.10. The van der Waals surface area contributed by atoms with E-state index in [2.05, 4.69) is 0 Å². The van der Waals surface area contributed by atoms with Gasteiger partial charge in [-0.25, -0.2) is 0 Å². The molecule has 1 unspecified atom stereocenters. The molecular formula is C17H15NO6S. The summed E-state index contributed by atoms with van der Waals surface area (Å²) in [6.07, 6.45) is 0. The Labute approximate surface area is 147 Å². The second kappa shape index (κ2) is 6.94. The number of thioether (sulfide) groups is 1. The van der Waals surface area contributed by atoms with E-state index in [0.29, 0.717) is 27.6 Å². The van der Waals surface area contributed by atoms with Crippen LogP contribution in [-0.4, -0.2) is 28.9 Å². The lowest BCUT2D eigenvalue weighted by molar-refractivity contribution is -0.154. The molecule has 0 spiro atoms. The summed E-state index contributed by atoms with van der Waals surface area (Å²) in [5.74, 6) is -3.49. The highest BCUT2D eigenvalue weighted by Gasteiger charge is 2.37. The average Bonchev–Trinajstić information content (AvgIpc) is 3.03. The molecule has 0 bridgehead atoms. The van der Waals surface area contributed by atoms with Crippen LogP contribution in [-0.2, 0) is 9.59 Å². The maximum atomic E-state index is 11.6. The van der Waals surface area contributed by atoms with Crippen LogP contribution >= 0.6 is 11.8 Å². The standard InChI is InChI=1S/C17H15NO6S/c18-10-3-1-2-4-13(10)25-15(14(16(19)20)17(21)22)9-5-6-11-12(7-9)24-8-23-11/h1-7,14-15H,8,18H2,(H,19,20)(H,21,22). The Balaban J connectivity index is 2.03. The Morgan fingerprint density at radius 1 is 1.04 bits per heavy atom. The summed E-state index contributed by atoms with van der Waals surface area (Å²) in [6.45, 7) is 0.0729. The number of hydrogen-bond donors (Lipinski definition) is 3. The number of ether oxygens (including phenoxy) is 2. The van der Waals surface area contributed by atoms with Gasteiger partial charge in [-0.15, -0.1) is 11.8 Å². The van der Waals surface area contributed by atoms with Gasteiger partial charge in [0.05, 0.1) is 5.25 Å². The Hall–Kier alpha value is -2.87. The molecule has 0 saturated heterocycles. The van der Waals surface area contributed by atoms with E-state index in [1.165, 1.54) is 0 Å². The summed E-state index contributed by atoms with van der Waals surface area (Å²) in [5.41, 5.74) is 6.89. The van der Waals surface area contributed by atoms with Crippen molar-refractivity contribution in [2.75, 3.05) is 12.5 Å². The molecule has 8 heteroatoms. The zero-order valence-corrected chi connectivity index (χ0v) is 13.7. The predicted molar refractivity (Wildman–Crippen MR) is 90.8 cm³/mol. The molecule has 7 nitrogen and oxygen atoms in total. The summed E-state index contributed by atoms with van der Waals surface area (Å²) in [7, 11) is 0. The highest BCUT2D eigenvalue weighted by Crippen LogP contribution is 2.45. The number of anilines is 1. The molecule has 2 aromatic carbocycles. The maximum Gasteiger partial charge on any atom is 0.319 e. The summed E-state index contributed by atoms with van der Waals surface area (Å²) < 4.78 is 10.6. The minimum atomic E-state index is -1.65. The number of nitrogens with two attached hydrogens (primary N) is 1. The summed E-state index contributed by atoms with van der Waals surface area (Å²) in [6, 6.07) is 11.8. The SMILES string of the molecule is Nc1ccccc1SC(c1ccc2c(c1)OCO2)C(C(=O)O)C(=O)O. The molecule has 0 aromatic heterocycles. The van der Waals surface area contributed by atoms with Crippen molar-refractivity contribution in [2.24, 2.45) is 5.92 Å². The molecule has 0 radical (unpaired) electrons. The van der Waals surface area contributed by atoms with Crippen molar-refractivity contribution < 1.29 is 29.3 Å². The zero-order chi connectivity index (χ0) is 18.0. The quantitative estimate of drug-likeness (QED) is 0.408. The number of carbonyl (C=O) groups is 2. The predicted octanol–water partition coefficient (Wildman–Crippen LogP) is 2.62. The van der Waals surface area contributed by atoms with Crippen LogP contribution in [0.25, 0.3) is 0 Å². The smallest absolute Gasteiger partial charge is 0.319 e. The van der Waals surface area contributed by atoms with Crippen molar-refractivity contribution in [3.63, 3.8) is 0 Å². The molecule has 0 amide bonds. The van der Waals surface area contributed by atoms with Crippen LogP contribution in [0.1, 0.15) is 10.8 Å². The van der Waals surface area contributed by atoms with E-state index in [-0.39, 0.29) is 6.79 Å². The van der Waals surface area contributed by atoms with Crippen molar-refractivity contribution in [1.29, 1.82) is 0 Å². The van der Waals surface area contributed by atoms with Crippen molar-refractivity contribution in [1.82, 2.24) is 0 Å². The van der Waals surface area contributed by atoms with Crippen LogP contribution in [0, 0.1) is 5.92 Å². The number of hydrogen-bond acceptors (Lipinski definition) is 6. The lowest BCUT2D eigenvalue weighted by Crippen LogP contribution is -2.28. The van der Waals surface area contributed by atoms with Gasteiger partial charge >= 0.3 is 11.9 Å². The van der Waals surface area contributed by atoms with E-state index in [1.807, 2.05) is 0 Å². The van der Waals surface area contributed by atoms with Crippen LogP contribution < -0.4 is 15.2 Å². The second-order valence-corrected chi connectivity index (χ2v) is 6.53. The number of carboxylic acid groups (broad SMARTS) is 2. The number of para-hydroxylation sites is 1. The molecule has 0 aliphatic carbocycles. The minimum absolute atomic E-state index is 0.0729. The third-order valence-corrected chi connectivity index (χ3v) is 5.16. The molecule has 4 N–H and O–H groups in total. The second-order valence-electron chi connectivity index (χ2n) is 5.34. The first-order valence-electron chi connectivity index (χ1n) is 7.33. The average molecular weight is 361 g/mol. The van der Waals surface area contributed by atoms with Crippen LogP contribution in [0.3, 0.4) is 0 Å². The fraction of sp³-hybridized carbons (Fsp3) is 0.176. The first-order valence-corrected chi connectivity index (χ1v) is 8.21. The van der Waals surface area contributed by atoms with Crippen LogP contribution in [0.2, 0.25) is 0 Å². The zero-order valence-electron chi connectivity index (χ0n) is 12.9. The van der Waals surface area contributed by atoms with Crippen LogP contribution in [0.4, 0.5) is 5.69 Å². The first kappa shape index (κ1) is 17.0. The summed E-state index contributed by atoms with van der Waals surface area (Å²) in [5, 5.41) is 18.0. The van der Waals surface area contributed by atoms with Gasteiger partial charge in [-0.2, -0.15) is 0 Å². The van der Waals surface area contributed by atoms with E-state index in [9.17, 15) is 19.8 Å². The van der Waals surface area contributed by atoms with Gasteiger partial charge in [-0.3, -0.25) is 9.59 Å². The van der Waals surface area contributed by atoms with Crippen molar-refractivity contribution in [3.05, 3.63) is 48.0 Å². The molecule has 2 aromatic rings. The lowest BCUT2D eigenvalue weighted by atomic mass is 9.98. The Bertz CT molecular complexity index is 811. The molecule has 1 atom stereocenters. The van der Waals surface area contributed by atoms with Gasteiger partial charge in [-0.1, -0.05) is 18.2 Å². The molecule has 25 heavy (non-hydrogen) atoms. The topological polar surface area (TPSA) is 119 Å². The normalized spacial score (nSPS) is 13.6. The van der Waals surface area contributed by atoms with Gasteiger partial charge in [0.2, 0.25) is 6.79 Å². The molecule has 130 valence electrons. The highest BCUT2D eigenvalue weighted by atomic mass is 32.2. The van der Waals surface area contributed by atoms with E-state index in [1.54, 1.807) is 42.5 Å². The lowest BCUT2D eigenvalue weighted by Gasteiger charge is -2.22. The van der Waals surface area contributed by atoms with Crippen molar-refractivity contribution in [2.45, 2.75) is 10.1 Å². The first-order chi connectivity index (χ1) is 12.0. The Morgan fingerprint density at radius 2 is 1.72 bits per heavy atom. The van der Waals surface area contributed by atoms with Gasteiger partial charge in [0.25, 0.3) is 0 Å². The van der Waals surface area contributed by atoms with Gasteiger partial charge in [0.1, 0.15) is 0 Å². The fourth-order valence-electron chi connectivity index (χ4n) is 2.51.